The Labute approximate surface area is 135 Å². The Hall–Kier alpha value is -2.60. The van der Waals surface area contributed by atoms with Gasteiger partial charge in [0.1, 0.15) is 0 Å². The molecule has 0 aliphatic carbocycles. The minimum absolute atomic E-state index is 0.0701. The fourth-order valence-electron chi connectivity index (χ4n) is 2.26. The summed E-state index contributed by atoms with van der Waals surface area (Å²) >= 11 is 0. The molecule has 6 heteroatoms. The van der Waals surface area contributed by atoms with Gasteiger partial charge in [-0.3, -0.25) is 9.40 Å². The number of hydrogen-bond donors (Lipinski definition) is 1. The van der Waals surface area contributed by atoms with Crippen LogP contribution in [-0.4, -0.2) is 18.2 Å². The van der Waals surface area contributed by atoms with E-state index in [1.807, 2.05) is 48.5 Å². The average molecular weight is 327 g/mol. The summed E-state index contributed by atoms with van der Waals surface area (Å²) in [6, 6.07) is 20.6. The number of sulfonamides is 1. The van der Waals surface area contributed by atoms with Crippen LogP contribution in [0.2, 0.25) is 0 Å². The van der Waals surface area contributed by atoms with Crippen molar-refractivity contribution in [2.24, 2.45) is 0 Å². The van der Waals surface area contributed by atoms with Crippen molar-refractivity contribution in [3.63, 3.8) is 0 Å². The van der Waals surface area contributed by atoms with Crippen LogP contribution in [0.4, 0.5) is 5.82 Å². The van der Waals surface area contributed by atoms with Crippen molar-refractivity contribution in [1.82, 2.24) is 9.78 Å². The second-order valence-corrected chi connectivity index (χ2v) is 6.95. The smallest absolute Gasteiger partial charge is 0.238 e. The van der Waals surface area contributed by atoms with E-state index in [9.17, 15) is 8.42 Å². The van der Waals surface area contributed by atoms with E-state index in [1.54, 1.807) is 29.1 Å². The molecule has 0 atom stereocenters. The van der Waals surface area contributed by atoms with Crippen molar-refractivity contribution in [2.45, 2.75) is 12.3 Å². The standard InChI is InChI=1S/C17H17N3O2S/c21-23(22,14-16-9-5-2-6-10-16)19-17-11-12-20(18-17)13-15-7-3-1-4-8-15/h1-12H,13-14H2,(H,18,19). The zero-order valence-corrected chi connectivity index (χ0v) is 13.3. The van der Waals surface area contributed by atoms with Crippen LogP contribution in [0.5, 0.6) is 0 Å². The zero-order valence-electron chi connectivity index (χ0n) is 12.5. The van der Waals surface area contributed by atoms with Gasteiger partial charge < -0.3 is 0 Å². The van der Waals surface area contributed by atoms with Crippen molar-refractivity contribution < 1.29 is 8.42 Å². The molecule has 2 aromatic carbocycles. The van der Waals surface area contributed by atoms with Gasteiger partial charge in [0.05, 0.1) is 12.3 Å². The van der Waals surface area contributed by atoms with E-state index in [0.29, 0.717) is 12.4 Å². The molecule has 3 aromatic rings. The number of anilines is 1. The van der Waals surface area contributed by atoms with Crippen LogP contribution < -0.4 is 4.72 Å². The molecule has 0 saturated heterocycles. The van der Waals surface area contributed by atoms with Gasteiger partial charge in [0, 0.05) is 12.3 Å². The molecule has 1 N–H and O–H groups in total. The normalized spacial score (nSPS) is 11.3. The predicted molar refractivity (Wildman–Crippen MR) is 90.5 cm³/mol. The van der Waals surface area contributed by atoms with Gasteiger partial charge in [-0.2, -0.15) is 5.10 Å². The molecule has 118 valence electrons. The molecule has 0 bridgehead atoms. The van der Waals surface area contributed by atoms with Crippen LogP contribution >= 0.6 is 0 Å². The fourth-order valence-corrected chi connectivity index (χ4v) is 3.39. The van der Waals surface area contributed by atoms with Gasteiger partial charge in [-0.15, -0.1) is 0 Å². The van der Waals surface area contributed by atoms with Crippen molar-refractivity contribution in [2.75, 3.05) is 4.72 Å². The first-order chi connectivity index (χ1) is 11.1. The number of benzene rings is 2. The number of nitrogens with one attached hydrogen (secondary N) is 1. The minimum atomic E-state index is -3.47. The Balaban J connectivity index is 1.66. The van der Waals surface area contributed by atoms with Gasteiger partial charge in [0.25, 0.3) is 0 Å². The lowest BCUT2D eigenvalue weighted by Crippen LogP contribution is -2.15. The first-order valence-electron chi connectivity index (χ1n) is 7.22. The first-order valence-corrected chi connectivity index (χ1v) is 8.88. The zero-order chi connectivity index (χ0) is 16.1. The molecule has 23 heavy (non-hydrogen) atoms. The highest BCUT2D eigenvalue weighted by molar-refractivity contribution is 7.91. The molecule has 0 fully saturated rings. The Morgan fingerprint density at radius 2 is 1.48 bits per heavy atom. The highest BCUT2D eigenvalue weighted by atomic mass is 32.2. The monoisotopic (exact) mass is 327 g/mol. The lowest BCUT2D eigenvalue weighted by Gasteiger charge is -2.05. The summed E-state index contributed by atoms with van der Waals surface area (Å²) in [5.41, 5.74) is 1.85. The van der Waals surface area contributed by atoms with Gasteiger partial charge in [-0.05, 0) is 11.1 Å². The Bertz CT molecular complexity index is 859. The highest BCUT2D eigenvalue weighted by Gasteiger charge is 2.13. The second kappa shape index (κ2) is 6.66. The summed E-state index contributed by atoms with van der Waals surface area (Å²) < 4.78 is 28.6. The average Bonchev–Trinajstić information content (AvgIpc) is 2.95. The maximum atomic E-state index is 12.2. The number of rotatable bonds is 6. The first kappa shape index (κ1) is 15.3. The third kappa shape index (κ3) is 4.43. The van der Waals surface area contributed by atoms with Crippen LogP contribution in [0.1, 0.15) is 11.1 Å². The van der Waals surface area contributed by atoms with E-state index in [2.05, 4.69) is 9.82 Å². The molecule has 1 heterocycles. The molecule has 0 saturated carbocycles. The molecule has 0 unspecified atom stereocenters. The van der Waals surface area contributed by atoms with Crippen LogP contribution in [0.3, 0.4) is 0 Å². The summed E-state index contributed by atoms with van der Waals surface area (Å²) in [5, 5.41) is 4.26. The summed E-state index contributed by atoms with van der Waals surface area (Å²) in [5.74, 6) is 0.260. The molecular weight excluding hydrogens is 310 g/mol. The van der Waals surface area contributed by atoms with E-state index in [4.69, 9.17) is 0 Å². The Kier molecular flexibility index (Phi) is 4.43. The number of nitrogens with zero attached hydrogens (tertiary/aromatic N) is 2. The van der Waals surface area contributed by atoms with Crippen molar-refractivity contribution in [3.05, 3.63) is 84.1 Å². The largest absolute Gasteiger partial charge is 0.266 e. The summed E-state index contributed by atoms with van der Waals surface area (Å²) in [7, 11) is -3.47. The summed E-state index contributed by atoms with van der Waals surface area (Å²) in [6.45, 7) is 0.598. The van der Waals surface area contributed by atoms with E-state index in [1.165, 1.54) is 0 Å². The summed E-state index contributed by atoms with van der Waals surface area (Å²) in [6.07, 6.45) is 1.76. The van der Waals surface area contributed by atoms with Crippen molar-refractivity contribution in [3.8, 4) is 0 Å². The SMILES string of the molecule is O=S(=O)(Cc1ccccc1)Nc1ccn(Cc2ccccc2)n1. The molecule has 0 spiro atoms. The Morgan fingerprint density at radius 1 is 0.870 bits per heavy atom. The van der Waals surface area contributed by atoms with Gasteiger partial charge in [0.2, 0.25) is 10.0 Å². The third-order valence-electron chi connectivity index (χ3n) is 3.29. The van der Waals surface area contributed by atoms with Crippen LogP contribution in [0, 0.1) is 0 Å². The third-order valence-corrected chi connectivity index (χ3v) is 4.52. The molecule has 3 rings (SSSR count). The molecule has 1 aromatic heterocycles. The van der Waals surface area contributed by atoms with Crippen LogP contribution in [0.15, 0.2) is 72.9 Å². The van der Waals surface area contributed by atoms with E-state index < -0.39 is 10.0 Å². The minimum Gasteiger partial charge on any atom is -0.266 e. The van der Waals surface area contributed by atoms with Gasteiger partial charge >= 0.3 is 0 Å². The molecule has 5 nitrogen and oxygen atoms in total. The topological polar surface area (TPSA) is 64.0 Å². The lowest BCUT2D eigenvalue weighted by atomic mass is 10.2. The molecule has 0 aliphatic heterocycles. The maximum absolute atomic E-state index is 12.2. The molecule has 0 radical (unpaired) electrons. The van der Waals surface area contributed by atoms with E-state index in [0.717, 1.165) is 11.1 Å². The molecule has 0 aliphatic rings. The van der Waals surface area contributed by atoms with E-state index >= 15 is 0 Å². The Morgan fingerprint density at radius 3 is 2.13 bits per heavy atom. The predicted octanol–water partition coefficient (Wildman–Crippen LogP) is 2.87. The number of aromatic nitrogens is 2. The molecule has 0 amide bonds. The van der Waals surface area contributed by atoms with Crippen LogP contribution in [0.25, 0.3) is 0 Å². The van der Waals surface area contributed by atoms with Gasteiger partial charge in [-0.1, -0.05) is 60.7 Å². The number of hydrogen-bond acceptors (Lipinski definition) is 3. The lowest BCUT2D eigenvalue weighted by molar-refractivity contribution is 0.600. The maximum Gasteiger partial charge on any atom is 0.238 e. The fraction of sp³-hybridized carbons (Fsp3) is 0.118. The second-order valence-electron chi connectivity index (χ2n) is 5.23. The summed E-state index contributed by atoms with van der Waals surface area (Å²) in [4.78, 5) is 0. The molecular formula is C17H17N3O2S. The van der Waals surface area contributed by atoms with Gasteiger partial charge in [0.15, 0.2) is 5.82 Å². The highest BCUT2D eigenvalue weighted by Crippen LogP contribution is 2.11. The van der Waals surface area contributed by atoms with Crippen molar-refractivity contribution in [1.29, 1.82) is 0 Å². The van der Waals surface area contributed by atoms with Gasteiger partial charge in [-0.25, -0.2) is 8.42 Å². The van der Waals surface area contributed by atoms with Crippen molar-refractivity contribution >= 4 is 15.8 Å². The van der Waals surface area contributed by atoms with E-state index in [-0.39, 0.29) is 5.75 Å². The quantitative estimate of drug-likeness (QED) is 0.757. The van der Waals surface area contributed by atoms with Crippen LogP contribution in [-0.2, 0) is 22.3 Å².